The van der Waals surface area contributed by atoms with Crippen molar-refractivity contribution in [2.75, 3.05) is 20.2 Å². The maximum absolute atomic E-state index is 12.7. The van der Waals surface area contributed by atoms with E-state index in [1.165, 1.54) is 17.5 Å². The van der Waals surface area contributed by atoms with E-state index < -0.39 is 10.0 Å². The quantitative estimate of drug-likeness (QED) is 0.856. The SMILES string of the molecule is COc1ccc(Cl)cc1S(=O)(=O)N1C[C@@H](C)O[C@H](C)C1. The number of sulfonamides is 1. The van der Waals surface area contributed by atoms with E-state index in [0.717, 1.165) is 0 Å². The van der Waals surface area contributed by atoms with Crippen LogP contribution in [0.5, 0.6) is 5.75 Å². The first-order chi connectivity index (χ1) is 9.34. The van der Waals surface area contributed by atoms with Crippen molar-refractivity contribution in [3.63, 3.8) is 0 Å². The van der Waals surface area contributed by atoms with Gasteiger partial charge in [0.25, 0.3) is 0 Å². The highest BCUT2D eigenvalue weighted by atomic mass is 35.5. The molecule has 112 valence electrons. The molecule has 1 saturated heterocycles. The average Bonchev–Trinajstić information content (AvgIpc) is 2.37. The second kappa shape index (κ2) is 5.89. The molecule has 1 aromatic rings. The van der Waals surface area contributed by atoms with Crippen LogP contribution in [0.25, 0.3) is 0 Å². The van der Waals surface area contributed by atoms with E-state index in [9.17, 15) is 8.42 Å². The van der Waals surface area contributed by atoms with Crippen molar-refractivity contribution in [3.8, 4) is 5.75 Å². The highest BCUT2D eigenvalue weighted by Gasteiger charge is 2.34. The molecule has 0 unspecified atom stereocenters. The Morgan fingerprint density at radius 1 is 1.30 bits per heavy atom. The summed E-state index contributed by atoms with van der Waals surface area (Å²) in [5, 5.41) is 0.360. The summed E-state index contributed by atoms with van der Waals surface area (Å²) in [5.41, 5.74) is 0. The molecule has 1 aromatic carbocycles. The van der Waals surface area contributed by atoms with Gasteiger partial charge in [-0.1, -0.05) is 11.6 Å². The molecule has 20 heavy (non-hydrogen) atoms. The number of hydrogen-bond donors (Lipinski definition) is 0. The lowest BCUT2D eigenvalue weighted by molar-refractivity contribution is -0.0441. The Morgan fingerprint density at radius 3 is 2.45 bits per heavy atom. The number of ether oxygens (including phenoxy) is 2. The van der Waals surface area contributed by atoms with Crippen molar-refractivity contribution >= 4 is 21.6 Å². The van der Waals surface area contributed by atoms with E-state index >= 15 is 0 Å². The van der Waals surface area contributed by atoms with Crippen LogP contribution in [0, 0.1) is 0 Å². The molecule has 0 aliphatic carbocycles. The Morgan fingerprint density at radius 2 is 1.90 bits per heavy atom. The van der Waals surface area contributed by atoms with Crippen molar-refractivity contribution in [2.24, 2.45) is 0 Å². The van der Waals surface area contributed by atoms with Gasteiger partial charge < -0.3 is 9.47 Å². The molecule has 0 spiro atoms. The Bertz CT molecular complexity index is 580. The van der Waals surface area contributed by atoms with Crippen molar-refractivity contribution in [3.05, 3.63) is 23.2 Å². The molecule has 2 atom stereocenters. The van der Waals surface area contributed by atoms with Crippen molar-refractivity contribution < 1.29 is 17.9 Å². The number of benzene rings is 1. The fraction of sp³-hybridized carbons (Fsp3) is 0.538. The maximum Gasteiger partial charge on any atom is 0.246 e. The topological polar surface area (TPSA) is 55.8 Å². The van der Waals surface area contributed by atoms with Gasteiger partial charge in [-0.05, 0) is 32.0 Å². The molecular formula is C13H18ClNO4S. The molecule has 0 aromatic heterocycles. The monoisotopic (exact) mass is 319 g/mol. The number of rotatable bonds is 3. The van der Waals surface area contributed by atoms with E-state index in [1.54, 1.807) is 12.1 Å². The van der Waals surface area contributed by atoms with Gasteiger partial charge in [-0.15, -0.1) is 0 Å². The Labute approximate surface area is 124 Å². The van der Waals surface area contributed by atoms with E-state index in [0.29, 0.717) is 23.9 Å². The molecule has 0 N–H and O–H groups in total. The van der Waals surface area contributed by atoms with Gasteiger partial charge in [0.05, 0.1) is 19.3 Å². The zero-order valence-electron chi connectivity index (χ0n) is 11.7. The Balaban J connectivity index is 2.42. The third-order valence-electron chi connectivity index (χ3n) is 3.13. The predicted octanol–water partition coefficient (Wildman–Crippen LogP) is 2.15. The Hall–Kier alpha value is -0.820. The van der Waals surface area contributed by atoms with Gasteiger partial charge in [-0.3, -0.25) is 0 Å². The smallest absolute Gasteiger partial charge is 0.246 e. The lowest BCUT2D eigenvalue weighted by atomic mass is 10.3. The number of nitrogens with zero attached hydrogens (tertiary/aromatic N) is 1. The molecule has 7 heteroatoms. The van der Waals surface area contributed by atoms with E-state index in [2.05, 4.69) is 0 Å². The third-order valence-corrected chi connectivity index (χ3v) is 5.22. The van der Waals surface area contributed by atoms with Gasteiger partial charge in [0, 0.05) is 18.1 Å². The van der Waals surface area contributed by atoms with E-state index in [1.807, 2.05) is 13.8 Å². The minimum absolute atomic E-state index is 0.0915. The Kier molecular flexibility index (Phi) is 4.59. The van der Waals surface area contributed by atoms with Gasteiger partial charge >= 0.3 is 0 Å². The van der Waals surface area contributed by atoms with Crippen LogP contribution < -0.4 is 4.74 Å². The molecular weight excluding hydrogens is 302 g/mol. The second-order valence-corrected chi connectivity index (χ2v) is 7.22. The fourth-order valence-corrected chi connectivity index (χ4v) is 4.33. The summed E-state index contributed by atoms with van der Waals surface area (Å²) in [6, 6.07) is 4.58. The summed E-state index contributed by atoms with van der Waals surface area (Å²) in [6.45, 7) is 4.35. The lowest BCUT2D eigenvalue weighted by Crippen LogP contribution is -2.48. The van der Waals surface area contributed by atoms with Crippen LogP contribution >= 0.6 is 11.6 Å². The van der Waals surface area contributed by atoms with Crippen molar-refractivity contribution in [1.82, 2.24) is 4.31 Å². The second-order valence-electron chi connectivity index (χ2n) is 4.87. The zero-order valence-corrected chi connectivity index (χ0v) is 13.2. The van der Waals surface area contributed by atoms with Gasteiger partial charge in [0.15, 0.2) is 0 Å². The molecule has 1 aliphatic heterocycles. The van der Waals surface area contributed by atoms with E-state index in [-0.39, 0.29) is 17.1 Å². The minimum Gasteiger partial charge on any atom is -0.495 e. The number of methoxy groups -OCH3 is 1. The first-order valence-corrected chi connectivity index (χ1v) is 8.15. The fourth-order valence-electron chi connectivity index (χ4n) is 2.32. The maximum atomic E-state index is 12.7. The molecule has 0 amide bonds. The average molecular weight is 320 g/mol. The molecule has 0 bridgehead atoms. The summed E-state index contributed by atoms with van der Waals surface area (Å²) in [7, 11) is -2.21. The molecule has 1 fully saturated rings. The summed E-state index contributed by atoms with van der Waals surface area (Å²) < 4.78 is 37.6. The minimum atomic E-state index is -3.65. The summed E-state index contributed by atoms with van der Waals surface area (Å²) in [6.07, 6.45) is -0.280. The van der Waals surface area contributed by atoms with Crippen LogP contribution in [0.3, 0.4) is 0 Å². The first-order valence-electron chi connectivity index (χ1n) is 6.33. The highest BCUT2D eigenvalue weighted by molar-refractivity contribution is 7.89. The third kappa shape index (κ3) is 3.09. The van der Waals surface area contributed by atoms with Crippen LogP contribution in [0.1, 0.15) is 13.8 Å². The van der Waals surface area contributed by atoms with Gasteiger partial charge in [0.1, 0.15) is 10.6 Å². The normalized spacial score (nSPS) is 24.6. The van der Waals surface area contributed by atoms with Crippen LogP contribution in [0.15, 0.2) is 23.1 Å². The molecule has 0 saturated carbocycles. The van der Waals surface area contributed by atoms with Crippen LogP contribution in [-0.2, 0) is 14.8 Å². The summed E-state index contributed by atoms with van der Waals surface area (Å²) in [5.74, 6) is 0.293. The standard InChI is InChI=1S/C13H18ClNO4S/c1-9-7-15(8-10(2)19-9)20(16,17)13-6-11(14)4-5-12(13)18-3/h4-6,9-10H,7-8H2,1-3H3/t9-,10-/m1/s1. The number of morpholine rings is 1. The zero-order chi connectivity index (χ0) is 14.9. The highest BCUT2D eigenvalue weighted by Crippen LogP contribution is 2.30. The molecule has 1 heterocycles. The number of hydrogen-bond acceptors (Lipinski definition) is 4. The van der Waals surface area contributed by atoms with Crippen molar-refractivity contribution in [1.29, 1.82) is 0 Å². The van der Waals surface area contributed by atoms with Gasteiger partial charge in [-0.25, -0.2) is 8.42 Å². The van der Waals surface area contributed by atoms with Gasteiger partial charge in [-0.2, -0.15) is 4.31 Å². The predicted molar refractivity (Wildman–Crippen MR) is 76.8 cm³/mol. The first kappa shape index (κ1) is 15.6. The van der Waals surface area contributed by atoms with Crippen molar-refractivity contribution in [2.45, 2.75) is 31.0 Å². The lowest BCUT2D eigenvalue weighted by Gasteiger charge is -2.34. The van der Waals surface area contributed by atoms with Crippen LogP contribution in [0.2, 0.25) is 5.02 Å². The van der Waals surface area contributed by atoms with Gasteiger partial charge in [0.2, 0.25) is 10.0 Å². The summed E-state index contributed by atoms with van der Waals surface area (Å²) >= 11 is 5.91. The molecule has 1 aliphatic rings. The molecule has 0 radical (unpaired) electrons. The summed E-state index contributed by atoms with van der Waals surface area (Å²) in [4.78, 5) is 0.0915. The largest absolute Gasteiger partial charge is 0.495 e. The van der Waals surface area contributed by atoms with Crippen LogP contribution in [-0.4, -0.2) is 45.1 Å². The van der Waals surface area contributed by atoms with Crippen LogP contribution in [0.4, 0.5) is 0 Å². The molecule has 2 rings (SSSR count). The number of halogens is 1. The van der Waals surface area contributed by atoms with E-state index in [4.69, 9.17) is 21.1 Å². The molecule has 5 nitrogen and oxygen atoms in total.